The minimum atomic E-state index is -0.744. The van der Waals surface area contributed by atoms with Crippen molar-refractivity contribution in [1.82, 2.24) is 0 Å². The molecular weight excluding hydrogens is 264 g/mol. The summed E-state index contributed by atoms with van der Waals surface area (Å²) in [5.74, 6) is -0.754. The van der Waals surface area contributed by atoms with Crippen LogP contribution in [-0.4, -0.2) is 24.3 Å². The molecule has 0 amide bonds. The molecule has 1 N–H and O–H groups in total. The summed E-state index contributed by atoms with van der Waals surface area (Å²) in [4.78, 5) is 11.4. The number of benzene rings is 1. The van der Waals surface area contributed by atoms with Crippen molar-refractivity contribution in [2.45, 2.75) is 25.7 Å². The molecule has 0 aliphatic carbocycles. The van der Waals surface area contributed by atoms with Gasteiger partial charge in [-0.2, -0.15) is 0 Å². The minimum absolute atomic E-state index is 0.0265. The largest absolute Gasteiger partial charge is 0.481 e. The van der Waals surface area contributed by atoms with E-state index in [4.69, 9.17) is 16.3 Å². The number of aliphatic carboxylic acids is 1. The quantitative estimate of drug-likeness (QED) is 0.918. The molecule has 2 atom stereocenters. The summed E-state index contributed by atoms with van der Waals surface area (Å²) >= 11 is 5.91. The zero-order valence-corrected chi connectivity index (χ0v) is 11.8. The molecular formula is C15H19ClO3. The summed E-state index contributed by atoms with van der Waals surface area (Å²) in [6, 6.07) is 7.55. The molecule has 3 nitrogen and oxygen atoms in total. The lowest BCUT2D eigenvalue weighted by Gasteiger charge is -2.33. The zero-order valence-electron chi connectivity index (χ0n) is 11.0. The summed E-state index contributed by atoms with van der Waals surface area (Å²) in [6.07, 6.45) is 1.84. The van der Waals surface area contributed by atoms with Crippen molar-refractivity contribution in [2.24, 2.45) is 11.8 Å². The van der Waals surface area contributed by atoms with Crippen LogP contribution in [0.15, 0.2) is 24.3 Å². The third kappa shape index (κ3) is 3.48. The summed E-state index contributed by atoms with van der Waals surface area (Å²) in [7, 11) is 0. The Balaban J connectivity index is 2.27. The predicted octanol–water partition coefficient (Wildman–Crippen LogP) is 3.57. The summed E-state index contributed by atoms with van der Waals surface area (Å²) in [6.45, 7) is 3.24. The van der Waals surface area contributed by atoms with Gasteiger partial charge in [-0.05, 0) is 42.4 Å². The maximum atomic E-state index is 11.4. The van der Waals surface area contributed by atoms with Gasteiger partial charge in [-0.15, -0.1) is 0 Å². The van der Waals surface area contributed by atoms with Crippen LogP contribution in [0, 0.1) is 11.8 Å². The fourth-order valence-corrected chi connectivity index (χ4v) is 3.01. The molecule has 2 rings (SSSR count). The Morgan fingerprint density at radius 1 is 1.32 bits per heavy atom. The maximum absolute atomic E-state index is 11.4. The lowest BCUT2D eigenvalue weighted by Crippen LogP contribution is -2.29. The normalized spacial score (nSPS) is 19.9. The number of halogens is 1. The van der Waals surface area contributed by atoms with Gasteiger partial charge in [0.05, 0.1) is 5.92 Å². The fraction of sp³-hybridized carbons (Fsp3) is 0.533. The molecule has 0 radical (unpaired) electrons. The van der Waals surface area contributed by atoms with Crippen LogP contribution in [0.4, 0.5) is 0 Å². The highest BCUT2D eigenvalue weighted by molar-refractivity contribution is 6.30. The van der Waals surface area contributed by atoms with E-state index in [0.29, 0.717) is 10.9 Å². The maximum Gasteiger partial charge on any atom is 0.306 e. The molecule has 2 unspecified atom stereocenters. The summed E-state index contributed by atoms with van der Waals surface area (Å²) in [5.41, 5.74) is 1.06. The van der Waals surface area contributed by atoms with Crippen LogP contribution in [0.3, 0.4) is 0 Å². The molecule has 1 aliphatic rings. The Morgan fingerprint density at radius 2 is 1.89 bits per heavy atom. The third-order valence-electron chi connectivity index (χ3n) is 3.96. The lowest BCUT2D eigenvalue weighted by molar-refractivity contribution is -0.142. The number of carbonyl (C=O) groups is 1. The van der Waals surface area contributed by atoms with Crippen LogP contribution >= 0.6 is 11.6 Å². The standard InChI is InChI=1S/C15H19ClO3/c1-10(15(17)18)14(12-6-8-19-9-7-12)11-2-4-13(16)5-3-11/h2-5,10,12,14H,6-9H2,1H3,(H,17,18). The van der Waals surface area contributed by atoms with Crippen molar-refractivity contribution in [1.29, 1.82) is 0 Å². The van der Waals surface area contributed by atoms with Crippen LogP contribution in [-0.2, 0) is 9.53 Å². The van der Waals surface area contributed by atoms with Crippen molar-refractivity contribution in [2.75, 3.05) is 13.2 Å². The molecule has 104 valence electrons. The van der Waals surface area contributed by atoms with E-state index in [1.165, 1.54) is 0 Å². The van der Waals surface area contributed by atoms with Crippen LogP contribution in [0.25, 0.3) is 0 Å². The first kappa shape index (κ1) is 14.4. The molecule has 4 heteroatoms. The SMILES string of the molecule is CC(C(=O)O)C(c1ccc(Cl)cc1)C1CCOCC1. The van der Waals surface area contributed by atoms with Gasteiger partial charge in [0.1, 0.15) is 0 Å². The first-order chi connectivity index (χ1) is 9.09. The number of hydrogen-bond donors (Lipinski definition) is 1. The van der Waals surface area contributed by atoms with Gasteiger partial charge in [0, 0.05) is 18.2 Å². The second kappa shape index (κ2) is 6.40. The van der Waals surface area contributed by atoms with E-state index in [-0.39, 0.29) is 5.92 Å². The Hall–Kier alpha value is -1.06. The molecule has 19 heavy (non-hydrogen) atoms. The predicted molar refractivity (Wildman–Crippen MR) is 74.5 cm³/mol. The molecule has 1 aromatic rings. The third-order valence-corrected chi connectivity index (χ3v) is 4.21. The monoisotopic (exact) mass is 282 g/mol. The van der Waals surface area contributed by atoms with Crippen molar-refractivity contribution in [3.05, 3.63) is 34.9 Å². The smallest absolute Gasteiger partial charge is 0.306 e. The van der Waals surface area contributed by atoms with Gasteiger partial charge < -0.3 is 9.84 Å². The van der Waals surface area contributed by atoms with Gasteiger partial charge in [0.25, 0.3) is 0 Å². The van der Waals surface area contributed by atoms with Crippen molar-refractivity contribution in [3.8, 4) is 0 Å². The van der Waals surface area contributed by atoms with Gasteiger partial charge in [0.2, 0.25) is 0 Å². The molecule has 0 spiro atoms. The molecule has 1 fully saturated rings. The Bertz CT molecular complexity index is 424. The highest BCUT2D eigenvalue weighted by Gasteiger charge is 2.33. The number of ether oxygens (including phenoxy) is 1. The van der Waals surface area contributed by atoms with E-state index in [9.17, 15) is 9.90 Å². The van der Waals surface area contributed by atoms with E-state index in [2.05, 4.69) is 0 Å². The van der Waals surface area contributed by atoms with Crippen molar-refractivity contribution >= 4 is 17.6 Å². The number of hydrogen-bond acceptors (Lipinski definition) is 2. The Labute approximate surface area is 118 Å². The van der Waals surface area contributed by atoms with Gasteiger partial charge in [-0.1, -0.05) is 30.7 Å². The van der Waals surface area contributed by atoms with Crippen molar-refractivity contribution < 1.29 is 14.6 Å². The minimum Gasteiger partial charge on any atom is -0.481 e. The van der Waals surface area contributed by atoms with E-state index in [0.717, 1.165) is 31.6 Å². The summed E-state index contributed by atoms with van der Waals surface area (Å²) in [5, 5.41) is 10.0. The van der Waals surface area contributed by atoms with E-state index < -0.39 is 11.9 Å². The lowest BCUT2D eigenvalue weighted by atomic mass is 9.74. The van der Waals surface area contributed by atoms with Gasteiger partial charge >= 0.3 is 5.97 Å². The van der Waals surface area contributed by atoms with Gasteiger partial charge in [-0.3, -0.25) is 4.79 Å². The first-order valence-corrected chi connectivity index (χ1v) is 7.03. The molecule has 1 aromatic carbocycles. The number of carboxylic acid groups (broad SMARTS) is 1. The van der Waals surface area contributed by atoms with Crippen molar-refractivity contribution in [3.63, 3.8) is 0 Å². The molecule has 0 bridgehead atoms. The highest BCUT2D eigenvalue weighted by Crippen LogP contribution is 2.38. The molecule has 1 heterocycles. The highest BCUT2D eigenvalue weighted by atomic mass is 35.5. The zero-order chi connectivity index (χ0) is 13.8. The molecule has 0 aromatic heterocycles. The molecule has 1 saturated heterocycles. The van der Waals surface area contributed by atoms with Gasteiger partial charge in [-0.25, -0.2) is 0 Å². The average molecular weight is 283 g/mol. The van der Waals surface area contributed by atoms with Gasteiger partial charge in [0.15, 0.2) is 0 Å². The van der Waals surface area contributed by atoms with Crippen LogP contribution in [0.2, 0.25) is 5.02 Å². The summed E-state index contributed by atoms with van der Waals surface area (Å²) < 4.78 is 5.38. The van der Waals surface area contributed by atoms with Crippen LogP contribution in [0.1, 0.15) is 31.2 Å². The molecule has 0 saturated carbocycles. The number of carboxylic acids is 1. The van der Waals surface area contributed by atoms with E-state index in [1.807, 2.05) is 24.3 Å². The Kier molecular flexibility index (Phi) is 4.83. The average Bonchev–Trinajstić information content (AvgIpc) is 2.42. The van der Waals surface area contributed by atoms with E-state index in [1.54, 1.807) is 6.92 Å². The number of rotatable bonds is 4. The van der Waals surface area contributed by atoms with E-state index >= 15 is 0 Å². The first-order valence-electron chi connectivity index (χ1n) is 6.65. The fourth-order valence-electron chi connectivity index (χ4n) is 2.88. The Morgan fingerprint density at radius 3 is 2.42 bits per heavy atom. The topological polar surface area (TPSA) is 46.5 Å². The second-order valence-corrected chi connectivity index (χ2v) is 5.59. The van der Waals surface area contributed by atoms with Crippen LogP contribution < -0.4 is 0 Å². The molecule has 1 aliphatic heterocycles. The van der Waals surface area contributed by atoms with Crippen LogP contribution in [0.5, 0.6) is 0 Å². The second-order valence-electron chi connectivity index (χ2n) is 5.15.